The molecule has 1 aliphatic rings. The Morgan fingerprint density at radius 3 is 2.88 bits per heavy atom. The number of rotatable bonds is 6. The molecule has 1 aliphatic heterocycles. The average molecular weight is 373 g/mol. The maximum Gasteiger partial charge on any atom is 0.242 e. The minimum absolute atomic E-state index is 0.122. The Morgan fingerprint density at radius 2 is 2.17 bits per heavy atom. The van der Waals surface area contributed by atoms with Crippen molar-refractivity contribution < 1.29 is 13.2 Å². The van der Waals surface area contributed by atoms with Crippen LogP contribution in [0.2, 0.25) is 5.02 Å². The summed E-state index contributed by atoms with van der Waals surface area (Å²) in [5, 5.41) is 4.06. The fourth-order valence-corrected chi connectivity index (χ4v) is 4.81. The standard InChI is InChI=1S/C15H21ClN4O3S/c1-23-10-15(3-6-17-7-4-15)9-20-24(21,22)12-8-19-14-13(12)11(16)2-5-18-14/h2,5,8,17,20H,3-4,6-7,9-10H2,1H3,(H,18,19). The summed E-state index contributed by atoms with van der Waals surface area (Å²) < 4.78 is 33.6. The van der Waals surface area contributed by atoms with E-state index in [-0.39, 0.29) is 10.3 Å². The third-order valence-corrected chi connectivity index (χ3v) is 6.27. The molecule has 0 bridgehead atoms. The van der Waals surface area contributed by atoms with Gasteiger partial charge in [-0.2, -0.15) is 0 Å². The maximum atomic E-state index is 12.8. The monoisotopic (exact) mass is 372 g/mol. The molecule has 0 spiro atoms. The number of methoxy groups -OCH3 is 1. The van der Waals surface area contributed by atoms with Gasteiger partial charge in [0.2, 0.25) is 10.0 Å². The Balaban J connectivity index is 1.85. The molecule has 9 heteroatoms. The summed E-state index contributed by atoms with van der Waals surface area (Å²) in [5.74, 6) is 0. The number of aromatic amines is 1. The van der Waals surface area contributed by atoms with Crippen LogP contribution in [0.4, 0.5) is 0 Å². The Morgan fingerprint density at radius 1 is 1.42 bits per heavy atom. The van der Waals surface area contributed by atoms with Crippen molar-refractivity contribution in [3.8, 4) is 0 Å². The van der Waals surface area contributed by atoms with Gasteiger partial charge in [0.1, 0.15) is 10.5 Å². The number of nitrogens with one attached hydrogen (secondary N) is 3. The molecule has 0 radical (unpaired) electrons. The van der Waals surface area contributed by atoms with E-state index in [0.717, 1.165) is 25.9 Å². The van der Waals surface area contributed by atoms with E-state index in [2.05, 4.69) is 20.0 Å². The molecule has 2 aromatic rings. The molecular formula is C15H21ClN4O3S. The highest BCUT2D eigenvalue weighted by Crippen LogP contribution is 2.31. The molecule has 3 heterocycles. The Hall–Kier alpha value is -1.19. The Kier molecular flexibility index (Phi) is 5.12. The zero-order valence-electron chi connectivity index (χ0n) is 13.4. The highest BCUT2D eigenvalue weighted by atomic mass is 35.5. The van der Waals surface area contributed by atoms with Crippen LogP contribution < -0.4 is 10.0 Å². The molecule has 0 aliphatic carbocycles. The molecule has 0 unspecified atom stereocenters. The molecule has 0 saturated carbocycles. The van der Waals surface area contributed by atoms with Crippen molar-refractivity contribution in [1.29, 1.82) is 0 Å². The number of pyridine rings is 1. The fraction of sp³-hybridized carbons (Fsp3) is 0.533. The first kappa shape index (κ1) is 17.6. The van der Waals surface area contributed by atoms with Gasteiger partial charge in [0.25, 0.3) is 0 Å². The average Bonchev–Trinajstić information content (AvgIpc) is 3.01. The number of hydrogen-bond donors (Lipinski definition) is 3. The maximum absolute atomic E-state index is 12.8. The van der Waals surface area contributed by atoms with E-state index in [1.807, 2.05) is 0 Å². The summed E-state index contributed by atoms with van der Waals surface area (Å²) in [7, 11) is -2.06. The zero-order chi connectivity index (χ0) is 17.2. The largest absolute Gasteiger partial charge is 0.384 e. The second-order valence-corrected chi connectivity index (χ2v) is 8.32. The summed E-state index contributed by atoms with van der Waals surface area (Å²) >= 11 is 6.16. The molecule has 0 amide bonds. The molecule has 2 aromatic heterocycles. The number of H-pyrrole nitrogens is 1. The van der Waals surface area contributed by atoms with Gasteiger partial charge >= 0.3 is 0 Å². The molecule has 24 heavy (non-hydrogen) atoms. The lowest BCUT2D eigenvalue weighted by atomic mass is 9.80. The van der Waals surface area contributed by atoms with E-state index >= 15 is 0 Å². The van der Waals surface area contributed by atoms with Gasteiger partial charge in [0.05, 0.1) is 17.0 Å². The number of nitrogens with zero attached hydrogens (tertiary/aromatic N) is 1. The number of piperidine rings is 1. The minimum Gasteiger partial charge on any atom is -0.384 e. The molecule has 132 valence electrons. The molecule has 7 nitrogen and oxygen atoms in total. The lowest BCUT2D eigenvalue weighted by Crippen LogP contribution is -2.47. The first-order chi connectivity index (χ1) is 11.5. The smallest absolute Gasteiger partial charge is 0.242 e. The topological polar surface area (TPSA) is 96.1 Å². The summed E-state index contributed by atoms with van der Waals surface area (Å²) in [5.41, 5.74) is 0.262. The van der Waals surface area contributed by atoms with Crippen LogP contribution in [0.25, 0.3) is 11.0 Å². The van der Waals surface area contributed by atoms with Gasteiger partial charge in [-0.05, 0) is 32.0 Å². The second-order valence-electron chi connectivity index (χ2n) is 6.18. The number of ether oxygens (including phenoxy) is 1. The third-order valence-electron chi connectivity index (χ3n) is 4.53. The number of aromatic nitrogens is 2. The van der Waals surface area contributed by atoms with E-state index < -0.39 is 10.0 Å². The lowest BCUT2D eigenvalue weighted by molar-refractivity contribution is 0.0577. The molecular weight excluding hydrogens is 352 g/mol. The van der Waals surface area contributed by atoms with Crippen molar-refractivity contribution in [3.63, 3.8) is 0 Å². The number of hydrogen-bond acceptors (Lipinski definition) is 5. The third kappa shape index (κ3) is 3.43. The van der Waals surface area contributed by atoms with E-state index in [0.29, 0.717) is 29.2 Å². The summed E-state index contributed by atoms with van der Waals surface area (Å²) in [6, 6.07) is 1.58. The van der Waals surface area contributed by atoms with E-state index in [4.69, 9.17) is 16.3 Å². The van der Waals surface area contributed by atoms with Crippen LogP contribution in [-0.4, -0.2) is 51.7 Å². The highest BCUT2D eigenvalue weighted by Gasteiger charge is 2.34. The van der Waals surface area contributed by atoms with E-state index in [1.54, 1.807) is 13.2 Å². The van der Waals surface area contributed by atoms with Crippen LogP contribution in [0.15, 0.2) is 23.4 Å². The quantitative estimate of drug-likeness (QED) is 0.714. The van der Waals surface area contributed by atoms with Crippen molar-refractivity contribution in [2.75, 3.05) is 33.4 Å². The summed E-state index contributed by atoms with van der Waals surface area (Å²) in [6.45, 7) is 2.56. The van der Waals surface area contributed by atoms with Gasteiger partial charge in [-0.1, -0.05) is 11.6 Å². The van der Waals surface area contributed by atoms with Gasteiger partial charge in [0.15, 0.2) is 0 Å². The first-order valence-corrected chi connectivity index (χ1v) is 9.64. The van der Waals surface area contributed by atoms with Crippen LogP contribution in [-0.2, 0) is 14.8 Å². The van der Waals surface area contributed by atoms with E-state index in [1.165, 1.54) is 12.4 Å². The molecule has 0 atom stereocenters. The Labute approximate surface area is 146 Å². The SMILES string of the molecule is COCC1(CNS(=O)(=O)c2c[nH]c3nccc(Cl)c23)CCNCC1. The van der Waals surface area contributed by atoms with Gasteiger partial charge in [-0.3, -0.25) is 0 Å². The lowest BCUT2D eigenvalue weighted by Gasteiger charge is -2.37. The van der Waals surface area contributed by atoms with Crippen LogP contribution in [0.5, 0.6) is 0 Å². The minimum atomic E-state index is -3.70. The number of sulfonamides is 1. The summed E-state index contributed by atoms with van der Waals surface area (Å²) in [4.78, 5) is 7.09. The molecule has 1 saturated heterocycles. The number of halogens is 1. The van der Waals surface area contributed by atoms with Crippen LogP contribution in [0, 0.1) is 5.41 Å². The van der Waals surface area contributed by atoms with Crippen LogP contribution in [0.3, 0.4) is 0 Å². The van der Waals surface area contributed by atoms with Gasteiger partial charge < -0.3 is 15.0 Å². The van der Waals surface area contributed by atoms with Crippen molar-refractivity contribution in [2.45, 2.75) is 17.7 Å². The van der Waals surface area contributed by atoms with Crippen LogP contribution >= 0.6 is 11.6 Å². The van der Waals surface area contributed by atoms with E-state index in [9.17, 15) is 8.42 Å². The van der Waals surface area contributed by atoms with Crippen molar-refractivity contribution in [3.05, 3.63) is 23.5 Å². The second kappa shape index (κ2) is 6.97. The Bertz CT molecular complexity index is 810. The molecule has 3 rings (SSSR count). The van der Waals surface area contributed by atoms with Crippen molar-refractivity contribution in [1.82, 2.24) is 20.0 Å². The predicted octanol–water partition coefficient (Wildman–Crippen LogP) is 1.51. The van der Waals surface area contributed by atoms with Crippen molar-refractivity contribution in [2.24, 2.45) is 5.41 Å². The van der Waals surface area contributed by atoms with Gasteiger partial charge in [-0.25, -0.2) is 18.1 Å². The number of fused-ring (bicyclic) bond motifs is 1. The van der Waals surface area contributed by atoms with Crippen LogP contribution in [0.1, 0.15) is 12.8 Å². The summed E-state index contributed by atoms with van der Waals surface area (Å²) in [6.07, 6.45) is 4.68. The highest BCUT2D eigenvalue weighted by molar-refractivity contribution is 7.89. The molecule has 3 N–H and O–H groups in total. The van der Waals surface area contributed by atoms with Gasteiger partial charge in [-0.15, -0.1) is 0 Å². The fourth-order valence-electron chi connectivity index (χ4n) is 3.16. The van der Waals surface area contributed by atoms with Crippen molar-refractivity contribution >= 4 is 32.7 Å². The van der Waals surface area contributed by atoms with Gasteiger partial charge in [0, 0.05) is 31.5 Å². The molecule has 0 aromatic carbocycles. The zero-order valence-corrected chi connectivity index (χ0v) is 15.0. The molecule has 1 fully saturated rings. The normalized spacial score (nSPS) is 18.1. The predicted molar refractivity (Wildman–Crippen MR) is 92.7 cm³/mol. The first-order valence-electron chi connectivity index (χ1n) is 7.78.